The third-order valence-electron chi connectivity index (χ3n) is 2.13. The van der Waals surface area contributed by atoms with Crippen molar-refractivity contribution < 1.29 is 14.6 Å². The van der Waals surface area contributed by atoms with Gasteiger partial charge in [0.1, 0.15) is 5.75 Å². The van der Waals surface area contributed by atoms with Crippen molar-refractivity contribution in [3.05, 3.63) is 27.7 Å². The number of aliphatic hydroxyl groups excluding tert-OH is 1. The average Bonchev–Trinajstić information content (AvgIpc) is 2.18. The van der Waals surface area contributed by atoms with Gasteiger partial charge >= 0.3 is 0 Å². The minimum Gasteiger partial charge on any atom is -0.467 e. The van der Waals surface area contributed by atoms with Crippen LogP contribution in [0.3, 0.4) is 0 Å². The second kappa shape index (κ2) is 4.29. The molecule has 14 heavy (non-hydrogen) atoms. The second-order valence-electron chi connectivity index (χ2n) is 3.14. The molecule has 0 atom stereocenters. The molecule has 0 unspecified atom stereocenters. The van der Waals surface area contributed by atoms with Crippen molar-refractivity contribution in [2.45, 2.75) is 13.0 Å². The molecule has 1 heterocycles. The predicted molar refractivity (Wildman–Crippen MR) is 55.2 cm³/mol. The van der Waals surface area contributed by atoms with E-state index in [0.29, 0.717) is 19.8 Å². The molecule has 0 amide bonds. The van der Waals surface area contributed by atoms with Gasteiger partial charge in [0.2, 0.25) is 0 Å². The summed E-state index contributed by atoms with van der Waals surface area (Å²) in [6.45, 7) is 1.01. The molecule has 2 rings (SSSR count). The van der Waals surface area contributed by atoms with Crippen LogP contribution in [-0.4, -0.2) is 18.5 Å². The first kappa shape index (κ1) is 9.96. The molecule has 1 aliphatic rings. The minimum absolute atomic E-state index is 0.132. The zero-order valence-electron chi connectivity index (χ0n) is 7.62. The Morgan fingerprint density at radius 1 is 1.43 bits per heavy atom. The van der Waals surface area contributed by atoms with Crippen LogP contribution in [0.15, 0.2) is 16.6 Å². The standard InChI is InChI=1S/C10H11BrO3/c11-9-3-7(1-2-12)10-8(4-9)5-13-6-14-10/h3-4,12H,1-2,5-6H2. The van der Waals surface area contributed by atoms with Crippen molar-refractivity contribution in [3.63, 3.8) is 0 Å². The summed E-state index contributed by atoms with van der Waals surface area (Å²) in [5.41, 5.74) is 2.06. The van der Waals surface area contributed by atoms with E-state index in [-0.39, 0.29) is 6.61 Å². The first-order valence-corrected chi connectivity index (χ1v) is 5.23. The molecule has 4 heteroatoms. The van der Waals surface area contributed by atoms with E-state index in [1.807, 2.05) is 12.1 Å². The van der Waals surface area contributed by atoms with Gasteiger partial charge in [-0.1, -0.05) is 15.9 Å². The fourth-order valence-electron chi connectivity index (χ4n) is 1.56. The quantitative estimate of drug-likeness (QED) is 0.880. The SMILES string of the molecule is OCCc1cc(Br)cc2c1OCOC2. The molecule has 1 aliphatic heterocycles. The highest BCUT2D eigenvalue weighted by Gasteiger charge is 2.15. The van der Waals surface area contributed by atoms with Gasteiger partial charge in [-0.05, 0) is 24.1 Å². The molecule has 0 bridgehead atoms. The maximum atomic E-state index is 8.91. The molecule has 1 N–H and O–H groups in total. The third kappa shape index (κ3) is 1.92. The van der Waals surface area contributed by atoms with Gasteiger partial charge in [-0.3, -0.25) is 0 Å². The zero-order chi connectivity index (χ0) is 9.97. The molecular weight excluding hydrogens is 248 g/mol. The molecular formula is C10H11BrO3. The van der Waals surface area contributed by atoms with Crippen molar-refractivity contribution >= 4 is 15.9 Å². The summed E-state index contributed by atoms with van der Waals surface area (Å²) in [6, 6.07) is 3.95. The molecule has 0 saturated carbocycles. The lowest BCUT2D eigenvalue weighted by Gasteiger charge is -2.20. The lowest BCUT2D eigenvalue weighted by atomic mass is 10.1. The van der Waals surface area contributed by atoms with Crippen LogP contribution in [-0.2, 0) is 17.8 Å². The normalized spacial score (nSPS) is 14.7. The molecule has 0 saturated heterocycles. The van der Waals surface area contributed by atoms with E-state index in [4.69, 9.17) is 14.6 Å². The number of aliphatic hydroxyl groups is 1. The van der Waals surface area contributed by atoms with E-state index in [0.717, 1.165) is 21.3 Å². The van der Waals surface area contributed by atoms with E-state index in [1.54, 1.807) is 0 Å². The number of fused-ring (bicyclic) bond motifs is 1. The van der Waals surface area contributed by atoms with Crippen LogP contribution in [0.4, 0.5) is 0 Å². The molecule has 0 aromatic heterocycles. The van der Waals surface area contributed by atoms with Gasteiger partial charge in [0, 0.05) is 16.6 Å². The Morgan fingerprint density at radius 3 is 3.07 bits per heavy atom. The highest BCUT2D eigenvalue weighted by Crippen LogP contribution is 2.31. The van der Waals surface area contributed by atoms with Crippen LogP contribution in [0.1, 0.15) is 11.1 Å². The van der Waals surface area contributed by atoms with E-state index in [1.165, 1.54) is 0 Å². The lowest BCUT2D eigenvalue weighted by Crippen LogP contribution is -2.13. The van der Waals surface area contributed by atoms with Crippen LogP contribution in [0.25, 0.3) is 0 Å². The Hall–Kier alpha value is -0.580. The summed E-state index contributed by atoms with van der Waals surface area (Å²) < 4.78 is 11.6. The van der Waals surface area contributed by atoms with Crippen molar-refractivity contribution in [2.75, 3.05) is 13.4 Å². The van der Waals surface area contributed by atoms with Crippen LogP contribution in [0, 0.1) is 0 Å². The largest absolute Gasteiger partial charge is 0.467 e. The van der Waals surface area contributed by atoms with Crippen LogP contribution in [0.2, 0.25) is 0 Å². The molecule has 1 aromatic carbocycles. The van der Waals surface area contributed by atoms with Crippen molar-refractivity contribution in [1.82, 2.24) is 0 Å². The van der Waals surface area contributed by atoms with Gasteiger partial charge in [-0.2, -0.15) is 0 Å². The summed E-state index contributed by atoms with van der Waals surface area (Å²) in [5, 5.41) is 8.91. The fourth-order valence-corrected chi connectivity index (χ4v) is 2.12. The van der Waals surface area contributed by atoms with Gasteiger partial charge in [0.05, 0.1) is 6.61 Å². The minimum atomic E-state index is 0.132. The zero-order valence-corrected chi connectivity index (χ0v) is 9.21. The molecule has 0 aliphatic carbocycles. The van der Waals surface area contributed by atoms with E-state index >= 15 is 0 Å². The molecule has 0 spiro atoms. The molecule has 3 nitrogen and oxygen atoms in total. The summed E-state index contributed by atoms with van der Waals surface area (Å²) in [4.78, 5) is 0. The van der Waals surface area contributed by atoms with Crippen LogP contribution >= 0.6 is 15.9 Å². The second-order valence-corrected chi connectivity index (χ2v) is 4.05. The molecule has 0 fully saturated rings. The number of ether oxygens (including phenoxy) is 2. The average molecular weight is 259 g/mol. The summed E-state index contributed by atoms with van der Waals surface area (Å²) in [5.74, 6) is 0.869. The summed E-state index contributed by atoms with van der Waals surface area (Å²) in [7, 11) is 0. The topological polar surface area (TPSA) is 38.7 Å². The van der Waals surface area contributed by atoms with Gasteiger partial charge in [0.25, 0.3) is 0 Å². The monoisotopic (exact) mass is 258 g/mol. The Balaban J connectivity index is 2.41. The predicted octanol–water partition coefficient (Wildman–Crippen LogP) is 1.85. The number of rotatable bonds is 2. The van der Waals surface area contributed by atoms with E-state index in [9.17, 15) is 0 Å². The molecule has 0 radical (unpaired) electrons. The van der Waals surface area contributed by atoms with Gasteiger partial charge < -0.3 is 14.6 Å². The number of halogens is 1. The Morgan fingerprint density at radius 2 is 2.29 bits per heavy atom. The Kier molecular flexibility index (Phi) is 3.05. The van der Waals surface area contributed by atoms with Gasteiger partial charge in [-0.15, -0.1) is 0 Å². The first-order valence-electron chi connectivity index (χ1n) is 4.44. The van der Waals surface area contributed by atoms with E-state index < -0.39 is 0 Å². The molecule has 76 valence electrons. The van der Waals surface area contributed by atoms with Crippen LogP contribution in [0.5, 0.6) is 5.75 Å². The molecule has 1 aromatic rings. The smallest absolute Gasteiger partial charge is 0.189 e. The first-order chi connectivity index (χ1) is 6.81. The maximum absolute atomic E-state index is 8.91. The van der Waals surface area contributed by atoms with E-state index in [2.05, 4.69) is 15.9 Å². The summed E-state index contributed by atoms with van der Waals surface area (Å²) >= 11 is 3.42. The maximum Gasteiger partial charge on any atom is 0.189 e. The number of hydrogen-bond acceptors (Lipinski definition) is 3. The Bertz CT molecular complexity index is 338. The fraction of sp³-hybridized carbons (Fsp3) is 0.400. The highest BCUT2D eigenvalue weighted by atomic mass is 79.9. The summed E-state index contributed by atoms with van der Waals surface area (Å²) in [6.07, 6.45) is 0.613. The van der Waals surface area contributed by atoms with Gasteiger partial charge in [-0.25, -0.2) is 0 Å². The van der Waals surface area contributed by atoms with Gasteiger partial charge in [0.15, 0.2) is 6.79 Å². The lowest BCUT2D eigenvalue weighted by molar-refractivity contribution is -0.0172. The van der Waals surface area contributed by atoms with Crippen molar-refractivity contribution in [1.29, 1.82) is 0 Å². The third-order valence-corrected chi connectivity index (χ3v) is 2.59. The Labute approximate surface area is 90.8 Å². The van der Waals surface area contributed by atoms with Crippen molar-refractivity contribution in [3.8, 4) is 5.75 Å². The van der Waals surface area contributed by atoms with Crippen molar-refractivity contribution in [2.24, 2.45) is 0 Å². The highest BCUT2D eigenvalue weighted by molar-refractivity contribution is 9.10. The number of benzene rings is 1. The van der Waals surface area contributed by atoms with Crippen LogP contribution < -0.4 is 4.74 Å². The number of hydrogen-bond donors (Lipinski definition) is 1.